The van der Waals surface area contributed by atoms with Crippen LogP contribution in [0.5, 0.6) is 5.88 Å². The number of thiophene rings is 1. The summed E-state index contributed by atoms with van der Waals surface area (Å²) in [6.07, 6.45) is 1.69. The molecule has 0 amide bonds. The normalized spacial score (nSPS) is 21.7. The van der Waals surface area contributed by atoms with Crippen LogP contribution in [-0.2, 0) is 9.47 Å². The summed E-state index contributed by atoms with van der Waals surface area (Å²) in [5, 5.41) is 17.2. The van der Waals surface area contributed by atoms with Gasteiger partial charge < -0.3 is 14.6 Å². The molecule has 2 saturated heterocycles. The number of rotatable bonds is 3. The molecule has 2 aliphatic heterocycles. The fourth-order valence-corrected chi connectivity index (χ4v) is 5.95. The molecule has 1 N–H and O–H groups in total. The Morgan fingerprint density at radius 2 is 2.04 bits per heavy atom. The highest BCUT2D eigenvalue weighted by Crippen LogP contribution is 2.43. The Hall–Kier alpha value is -1.52. The Kier molecular flexibility index (Phi) is 4.02. The van der Waals surface area contributed by atoms with E-state index in [1.165, 1.54) is 16.2 Å². The van der Waals surface area contributed by atoms with Gasteiger partial charge in [-0.3, -0.25) is 4.90 Å². The number of hydrogen-bond acceptors (Lipinski definition) is 8. The van der Waals surface area contributed by atoms with Crippen molar-refractivity contribution in [1.29, 1.82) is 0 Å². The fourth-order valence-electron chi connectivity index (χ4n) is 3.86. The zero-order valence-corrected chi connectivity index (χ0v) is 16.1. The quantitative estimate of drug-likeness (QED) is 0.739. The number of thiazole rings is 1. The molecule has 3 aromatic rings. The molecule has 3 aromatic heterocycles. The van der Waals surface area contributed by atoms with Gasteiger partial charge in [0, 0.05) is 30.8 Å². The van der Waals surface area contributed by atoms with Crippen LogP contribution in [0.15, 0.2) is 17.5 Å². The van der Waals surface area contributed by atoms with E-state index in [-0.39, 0.29) is 11.9 Å². The monoisotopic (exact) mass is 392 g/mol. The standard InChI is InChI=1S/C17H20N4O3S2/c1-11-18-16-21(19-11)15(22)14(26-16)13(12-3-2-10-25-12)20-6-4-17(5-7-20)23-8-9-24-17/h2-3,10,13,22H,4-9H2,1H3/t13-/m0/s1. The van der Waals surface area contributed by atoms with Crippen molar-refractivity contribution < 1.29 is 14.6 Å². The SMILES string of the molecule is Cc1nc2sc([C@H](c3cccs3)N3CCC4(CC3)OCCO4)c(O)n2n1. The summed E-state index contributed by atoms with van der Waals surface area (Å²) in [6.45, 7) is 4.91. The molecule has 5 rings (SSSR count). The minimum absolute atomic E-state index is 0.00237. The van der Waals surface area contributed by atoms with E-state index in [0.717, 1.165) is 35.8 Å². The summed E-state index contributed by atoms with van der Waals surface area (Å²) in [4.78, 5) is 9.66. The van der Waals surface area contributed by atoms with E-state index >= 15 is 0 Å². The van der Waals surface area contributed by atoms with Crippen molar-refractivity contribution in [3.05, 3.63) is 33.1 Å². The molecule has 0 bridgehead atoms. The number of piperidine rings is 1. The lowest BCUT2D eigenvalue weighted by Crippen LogP contribution is -2.46. The van der Waals surface area contributed by atoms with E-state index in [9.17, 15) is 5.11 Å². The molecule has 0 unspecified atom stereocenters. The van der Waals surface area contributed by atoms with Crippen LogP contribution >= 0.6 is 22.7 Å². The number of likely N-dealkylation sites (tertiary alicyclic amines) is 1. The van der Waals surface area contributed by atoms with E-state index in [4.69, 9.17) is 9.47 Å². The Bertz CT molecular complexity index is 904. The minimum Gasteiger partial charge on any atom is -0.492 e. The molecule has 1 spiro atoms. The molecular formula is C17H20N4O3S2. The van der Waals surface area contributed by atoms with E-state index in [0.29, 0.717) is 19.0 Å². The van der Waals surface area contributed by atoms with Gasteiger partial charge in [0.15, 0.2) is 5.79 Å². The van der Waals surface area contributed by atoms with Gasteiger partial charge in [-0.1, -0.05) is 17.4 Å². The number of nitrogens with zero attached hydrogens (tertiary/aromatic N) is 4. The molecule has 1 atom stereocenters. The summed E-state index contributed by atoms with van der Waals surface area (Å²) in [5.41, 5.74) is 0. The van der Waals surface area contributed by atoms with Crippen LogP contribution < -0.4 is 0 Å². The maximum Gasteiger partial charge on any atom is 0.230 e. The molecule has 0 radical (unpaired) electrons. The van der Waals surface area contributed by atoms with Crippen molar-refractivity contribution in [1.82, 2.24) is 19.5 Å². The summed E-state index contributed by atoms with van der Waals surface area (Å²) < 4.78 is 13.3. The Morgan fingerprint density at radius 1 is 1.27 bits per heavy atom. The molecule has 9 heteroatoms. The highest BCUT2D eigenvalue weighted by atomic mass is 32.1. The van der Waals surface area contributed by atoms with Crippen molar-refractivity contribution >= 4 is 27.6 Å². The van der Waals surface area contributed by atoms with E-state index in [2.05, 4.69) is 32.5 Å². The van der Waals surface area contributed by atoms with Gasteiger partial charge in [-0.2, -0.15) is 4.52 Å². The second-order valence-corrected chi connectivity index (χ2v) is 8.69. The largest absolute Gasteiger partial charge is 0.492 e. The Balaban J connectivity index is 1.50. The zero-order chi connectivity index (χ0) is 17.7. The maximum atomic E-state index is 10.8. The second kappa shape index (κ2) is 6.28. The number of hydrogen-bond donors (Lipinski definition) is 1. The first-order chi connectivity index (χ1) is 12.7. The third-order valence-corrected chi connectivity index (χ3v) is 7.10. The number of aromatic nitrogens is 3. The van der Waals surface area contributed by atoms with Gasteiger partial charge in [-0.25, -0.2) is 4.98 Å². The van der Waals surface area contributed by atoms with Crippen LogP contribution in [0.2, 0.25) is 0 Å². The number of ether oxygens (including phenoxy) is 2. The minimum atomic E-state index is -0.402. The number of fused-ring (bicyclic) bond motifs is 1. The summed E-state index contributed by atoms with van der Waals surface area (Å²) >= 11 is 3.22. The van der Waals surface area contributed by atoms with Crippen molar-refractivity contribution in [3.8, 4) is 5.88 Å². The van der Waals surface area contributed by atoms with Gasteiger partial charge in [0.25, 0.3) is 0 Å². The first-order valence-electron chi connectivity index (χ1n) is 8.76. The Labute approximate surface area is 158 Å². The average molecular weight is 393 g/mol. The van der Waals surface area contributed by atoms with Crippen molar-refractivity contribution in [2.45, 2.75) is 31.6 Å². The molecule has 7 nitrogen and oxygen atoms in total. The second-order valence-electron chi connectivity index (χ2n) is 6.70. The third kappa shape index (κ3) is 2.66. The zero-order valence-electron chi connectivity index (χ0n) is 14.4. The predicted molar refractivity (Wildman–Crippen MR) is 98.9 cm³/mol. The maximum absolute atomic E-state index is 10.8. The molecule has 2 aliphatic rings. The van der Waals surface area contributed by atoms with Gasteiger partial charge in [-0.05, 0) is 18.4 Å². The predicted octanol–water partition coefficient (Wildman–Crippen LogP) is 2.79. The molecular weight excluding hydrogens is 372 g/mol. The average Bonchev–Trinajstić information content (AvgIpc) is 3.40. The highest BCUT2D eigenvalue weighted by Gasteiger charge is 2.42. The molecule has 26 heavy (non-hydrogen) atoms. The summed E-state index contributed by atoms with van der Waals surface area (Å²) in [6, 6.07) is 4.19. The van der Waals surface area contributed by atoms with E-state index in [1.807, 2.05) is 6.92 Å². The van der Waals surface area contributed by atoms with Gasteiger partial charge >= 0.3 is 0 Å². The molecule has 0 aliphatic carbocycles. The molecule has 5 heterocycles. The highest BCUT2D eigenvalue weighted by molar-refractivity contribution is 7.17. The summed E-state index contributed by atoms with van der Waals surface area (Å²) in [5.74, 6) is 0.459. The van der Waals surface area contributed by atoms with Gasteiger partial charge in [-0.15, -0.1) is 16.4 Å². The molecule has 0 saturated carbocycles. The fraction of sp³-hybridized carbons (Fsp3) is 0.529. The lowest BCUT2D eigenvalue weighted by atomic mass is 10.0. The summed E-state index contributed by atoms with van der Waals surface area (Å²) in [7, 11) is 0. The van der Waals surface area contributed by atoms with Crippen molar-refractivity contribution in [2.75, 3.05) is 26.3 Å². The lowest BCUT2D eigenvalue weighted by molar-refractivity contribution is -0.187. The van der Waals surface area contributed by atoms with Crippen LogP contribution in [0.3, 0.4) is 0 Å². The van der Waals surface area contributed by atoms with E-state index in [1.54, 1.807) is 15.9 Å². The van der Waals surface area contributed by atoms with E-state index < -0.39 is 5.79 Å². The van der Waals surface area contributed by atoms with Crippen molar-refractivity contribution in [2.24, 2.45) is 0 Å². The number of aromatic hydroxyl groups is 1. The molecule has 2 fully saturated rings. The van der Waals surface area contributed by atoms with Gasteiger partial charge in [0.1, 0.15) is 5.82 Å². The first kappa shape index (κ1) is 16.6. The van der Waals surface area contributed by atoms with Gasteiger partial charge in [0.2, 0.25) is 10.8 Å². The Morgan fingerprint density at radius 3 is 2.69 bits per heavy atom. The topological polar surface area (TPSA) is 72.1 Å². The van der Waals surface area contributed by atoms with Crippen LogP contribution in [0, 0.1) is 6.92 Å². The lowest BCUT2D eigenvalue weighted by Gasteiger charge is -2.40. The smallest absolute Gasteiger partial charge is 0.230 e. The first-order valence-corrected chi connectivity index (χ1v) is 10.5. The van der Waals surface area contributed by atoms with Crippen LogP contribution in [-0.4, -0.2) is 56.7 Å². The number of aryl methyl sites for hydroxylation is 1. The third-order valence-electron chi connectivity index (χ3n) is 5.11. The van der Waals surface area contributed by atoms with Crippen LogP contribution in [0.4, 0.5) is 0 Å². The van der Waals surface area contributed by atoms with Gasteiger partial charge in [0.05, 0.1) is 24.1 Å². The van der Waals surface area contributed by atoms with Crippen LogP contribution in [0.1, 0.15) is 34.5 Å². The van der Waals surface area contributed by atoms with Crippen molar-refractivity contribution in [3.63, 3.8) is 0 Å². The van der Waals surface area contributed by atoms with Crippen LogP contribution in [0.25, 0.3) is 4.96 Å². The molecule has 0 aromatic carbocycles. The molecule has 138 valence electrons.